The summed E-state index contributed by atoms with van der Waals surface area (Å²) in [5.74, 6) is 0. The van der Waals surface area contributed by atoms with Gasteiger partial charge in [0.25, 0.3) is 0 Å². The van der Waals surface area contributed by atoms with E-state index in [1.807, 2.05) is 11.3 Å². The highest BCUT2D eigenvalue weighted by Crippen LogP contribution is 2.40. The summed E-state index contributed by atoms with van der Waals surface area (Å²) >= 11 is 1.94. The SMILES string of the molecule is CC(C)(C)c1nc2c3ccccc3c3ccccc3c2nc1-c1cccc(-c2ccc3sc4c(c3c2)C=CCC4)c1. The van der Waals surface area contributed by atoms with E-state index in [1.165, 1.54) is 42.4 Å². The maximum atomic E-state index is 5.45. The van der Waals surface area contributed by atoms with Crippen LogP contribution in [0.4, 0.5) is 0 Å². The Bertz CT molecular complexity index is 2190. The Morgan fingerprint density at radius 1 is 0.634 bits per heavy atom. The van der Waals surface area contributed by atoms with Crippen molar-refractivity contribution in [3.05, 3.63) is 113 Å². The van der Waals surface area contributed by atoms with Crippen LogP contribution in [0.2, 0.25) is 0 Å². The summed E-state index contributed by atoms with van der Waals surface area (Å²) in [4.78, 5) is 12.4. The average Bonchev–Trinajstić information content (AvgIpc) is 3.38. The second-order valence-corrected chi connectivity index (χ2v) is 13.3. The molecule has 0 bridgehead atoms. The number of aromatic nitrogens is 2. The van der Waals surface area contributed by atoms with Crippen LogP contribution >= 0.6 is 11.3 Å². The van der Waals surface area contributed by atoms with E-state index in [0.29, 0.717) is 0 Å². The lowest BCUT2D eigenvalue weighted by molar-refractivity contribution is 0.571. The monoisotopic (exact) mass is 546 g/mol. The van der Waals surface area contributed by atoms with Gasteiger partial charge in [0.1, 0.15) is 0 Å². The lowest BCUT2D eigenvalue weighted by Gasteiger charge is -2.23. The molecule has 7 aromatic rings. The Morgan fingerprint density at radius 2 is 1.29 bits per heavy atom. The van der Waals surface area contributed by atoms with E-state index in [1.54, 1.807) is 0 Å². The molecule has 0 unspecified atom stereocenters. The minimum atomic E-state index is -0.180. The van der Waals surface area contributed by atoms with Gasteiger partial charge in [0.05, 0.1) is 22.4 Å². The molecule has 41 heavy (non-hydrogen) atoms. The molecule has 198 valence electrons. The van der Waals surface area contributed by atoms with E-state index in [0.717, 1.165) is 51.6 Å². The highest BCUT2D eigenvalue weighted by molar-refractivity contribution is 7.19. The molecule has 0 radical (unpaired) electrons. The van der Waals surface area contributed by atoms with Crippen LogP contribution in [-0.2, 0) is 11.8 Å². The normalized spacial score (nSPS) is 13.4. The molecular weight excluding hydrogens is 516 g/mol. The predicted octanol–water partition coefficient (Wildman–Crippen LogP) is 10.7. The van der Waals surface area contributed by atoms with E-state index in [2.05, 4.69) is 124 Å². The van der Waals surface area contributed by atoms with E-state index in [9.17, 15) is 0 Å². The molecular formula is C38H30N2S. The number of hydrogen-bond donors (Lipinski definition) is 0. The quantitative estimate of drug-likeness (QED) is 0.202. The third-order valence-corrected chi connectivity index (χ3v) is 9.60. The van der Waals surface area contributed by atoms with Crippen molar-refractivity contribution in [2.75, 3.05) is 0 Å². The molecule has 3 heteroatoms. The molecule has 2 heterocycles. The molecule has 0 amide bonds. The Labute approximate surface area is 244 Å². The van der Waals surface area contributed by atoms with Gasteiger partial charge >= 0.3 is 0 Å². The van der Waals surface area contributed by atoms with Crippen molar-refractivity contribution in [3.8, 4) is 22.4 Å². The summed E-state index contributed by atoms with van der Waals surface area (Å²) in [5.41, 5.74) is 8.70. The minimum absolute atomic E-state index is 0.180. The van der Waals surface area contributed by atoms with Gasteiger partial charge in [-0.3, -0.25) is 0 Å². The molecule has 0 aliphatic heterocycles. The number of benzene rings is 5. The van der Waals surface area contributed by atoms with Crippen LogP contribution in [0.25, 0.3) is 71.1 Å². The Morgan fingerprint density at radius 3 is 2.02 bits per heavy atom. The molecule has 2 nitrogen and oxygen atoms in total. The van der Waals surface area contributed by atoms with Crippen molar-refractivity contribution >= 4 is 60.1 Å². The number of hydrogen-bond acceptors (Lipinski definition) is 3. The van der Waals surface area contributed by atoms with Crippen LogP contribution in [0.1, 0.15) is 43.3 Å². The van der Waals surface area contributed by atoms with Gasteiger partial charge in [-0.05, 0) is 58.5 Å². The molecule has 0 spiro atoms. The standard InChI is InChI=1S/C38H30N2S/c1-38(2,3)37-34(39-35-29-16-6-4-13-26(29)27-14-5-7-17-30(27)36(35)40-37)25-12-10-11-23(21-25)24-19-20-33-31(22-24)28-15-8-9-18-32(28)41-33/h4-8,10-17,19-22H,9,18H2,1-3H3. The lowest BCUT2D eigenvalue weighted by Crippen LogP contribution is -2.16. The predicted molar refractivity (Wildman–Crippen MR) is 177 cm³/mol. The topological polar surface area (TPSA) is 25.8 Å². The van der Waals surface area contributed by atoms with Crippen molar-refractivity contribution in [1.82, 2.24) is 9.97 Å². The van der Waals surface area contributed by atoms with E-state index in [4.69, 9.17) is 9.97 Å². The fourth-order valence-corrected chi connectivity index (χ4v) is 7.55. The maximum Gasteiger partial charge on any atom is 0.0979 e. The van der Waals surface area contributed by atoms with E-state index in [-0.39, 0.29) is 5.41 Å². The van der Waals surface area contributed by atoms with Gasteiger partial charge in [-0.25, -0.2) is 9.97 Å². The molecule has 0 fully saturated rings. The average molecular weight is 547 g/mol. The maximum absolute atomic E-state index is 5.45. The zero-order valence-electron chi connectivity index (χ0n) is 23.5. The summed E-state index contributed by atoms with van der Waals surface area (Å²) in [7, 11) is 0. The molecule has 0 atom stereocenters. The summed E-state index contributed by atoms with van der Waals surface area (Å²) in [6.45, 7) is 6.71. The van der Waals surface area contributed by atoms with Gasteiger partial charge in [0.15, 0.2) is 0 Å². The summed E-state index contributed by atoms with van der Waals surface area (Å²) < 4.78 is 1.37. The van der Waals surface area contributed by atoms with Crippen LogP contribution in [0, 0.1) is 0 Å². The zero-order chi connectivity index (χ0) is 27.7. The molecule has 5 aromatic carbocycles. The molecule has 2 aromatic heterocycles. The number of thiophene rings is 1. The second kappa shape index (κ2) is 9.09. The number of nitrogens with zero attached hydrogens (tertiary/aromatic N) is 2. The van der Waals surface area contributed by atoms with Crippen LogP contribution in [0.3, 0.4) is 0 Å². The highest BCUT2D eigenvalue weighted by Gasteiger charge is 2.25. The van der Waals surface area contributed by atoms with Gasteiger partial charge in [-0.1, -0.05) is 106 Å². The highest BCUT2D eigenvalue weighted by atomic mass is 32.1. The minimum Gasteiger partial charge on any atom is -0.248 e. The zero-order valence-corrected chi connectivity index (χ0v) is 24.3. The number of aryl methyl sites for hydroxylation is 1. The second-order valence-electron chi connectivity index (χ2n) is 12.1. The van der Waals surface area contributed by atoms with Crippen LogP contribution < -0.4 is 0 Å². The van der Waals surface area contributed by atoms with E-state index < -0.39 is 0 Å². The van der Waals surface area contributed by atoms with Crippen LogP contribution in [-0.4, -0.2) is 9.97 Å². The third-order valence-electron chi connectivity index (χ3n) is 8.36. The summed E-state index contributed by atoms with van der Waals surface area (Å²) in [6, 6.07) is 33.0. The number of rotatable bonds is 2. The number of allylic oxidation sites excluding steroid dienone is 1. The van der Waals surface area contributed by atoms with Gasteiger partial charge in [-0.2, -0.15) is 0 Å². The molecule has 0 saturated heterocycles. The van der Waals surface area contributed by atoms with Crippen LogP contribution in [0.15, 0.2) is 97.1 Å². The van der Waals surface area contributed by atoms with E-state index >= 15 is 0 Å². The molecule has 8 rings (SSSR count). The molecule has 0 N–H and O–H groups in total. The molecule has 1 aliphatic carbocycles. The first kappa shape index (κ1) is 24.5. The van der Waals surface area contributed by atoms with Crippen molar-refractivity contribution in [3.63, 3.8) is 0 Å². The van der Waals surface area contributed by atoms with Crippen molar-refractivity contribution in [2.45, 2.75) is 39.0 Å². The van der Waals surface area contributed by atoms with Gasteiger partial charge in [0, 0.05) is 36.7 Å². The molecule has 1 aliphatic rings. The third kappa shape index (κ3) is 3.91. The first-order valence-electron chi connectivity index (χ1n) is 14.4. The summed E-state index contributed by atoms with van der Waals surface area (Å²) in [6.07, 6.45) is 6.91. The first-order valence-corrected chi connectivity index (χ1v) is 15.2. The van der Waals surface area contributed by atoms with Crippen molar-refractivity contribution in [2.24, 2.45) is 0 Å². The molecule has 0 saturated carbocycles. The van der Waals surface area contributed by atoms with Crippen LogP contribution in [0.5, 0.6) is 0 Å². The van der Waals surface area contributed by atoms with Crippen molar-refractivity contribution in [1.29, 1.82) is 0 Å². The van der Waals surface area contributed by atoms with Gasteiger partial charge in [0.2, 0.25) is 0 Å². The Hall–Kier alpha value is -4.34. The number of fused-ring (bicyclic) bond motifs is 9. The largest absolute Gasteiger partial charge is 0.248 e. The summed E-state index contributed by atoms with van der Waals surface area (Å²) in [5, 5.41) is 6.10. The fourth-order valence-electron chi connectivity index (χ4n) is 6.36. The van der Waals surface area contributed by atoms with Gasteiger partial charge in [-0.15, -0.1) is 11.3 Å². The first-order chi connectivity index (χ1) is 20.0. The van der Waals surface area contributed by atoms with Gasteiger partial charge < -0.3 is 0 Å². The van der Waals surface area contributed by atoms with Crippen molar-refractivity contribution < 1.29 is 0 Å². The fraction of sp³-hybridized carbons (Fsp3) is 0.158. The Balaban J connectivity index is 1.37. The smallest absolute Gasteiger partial charge is 0.0979 e. The lowest BCUT2D eigenvalue weighted by atomic mass is 9.87. The Kier molecular flexibility index (Phi) is 5.42.